The summed E-state index contributed by atoms with van der Waals surface area (Å²) in [6, 6.07) is 0. The van der Waals surface area contributed by atoms with Crippen molar-refractivity contribution in [3.63, 3.8) is 0 Å². The van der Waals surface area contributed by atoms with Gasteiger partial charge in [-0.2, -0.15) is 0 Å². The Morgan fingerprint density at radius 1 is 1.00 bits per heavy atom. The third-order valence-electron chi connectivity index (χ3n) is 3.92. The Hall–Kier alpha value is -1.59. The zero-order chi connectivity index (χ0) is 13.3. The Morgan fingerprint density at radius 3 is 1.94 bits per heavy atom. The largest absolute Gasteiger partial charge is 0.481 e. The lowest BCUT2D eigenvalue weighted by molar-refractivity contribution is -0.157. The molecule has 2 fully saturated rings. The molecule has 0 bridgehead atoms. The minimum atomic E-state index is -1.70. The second-order valence-corrected chi connectivity index (χ2v) is 5.08. The van der Waals surface area contributed by atoms with E-state index >= 15 is 0 Å². The first kappa shape index (κ1) is 12.9. The summed E-state index contributed by atoms with van der Waals surface area (Å²) in [6.07, 6.45) is 3.71. The van der Waals surface area contributed by atoms with Gasteiger partial charge in [0.25, 0.3) is 0 Å². The second kappa shape index (κ2) is 4.59. The fourth-order valence-electron chi connectivity index (χ4n) is 2.68. The number of carbonyl (C=O) groups excluding carboxylic acids is 1. The van der Waals surface area contributed by atoms with Gasteiger partial charge in [0.15, 0.2) is 5.41 Å². The van der Waals surface area contributed by atoms with Crippen molar-refractivity contribution in [2.24, 2.45) is 11.3 Å². The lowest BCUT2D eigenvalue weighted by Crippen LogP contribution is -2.43. The fraction of sp³-hybridized carbons (Fsp3) is 0.750. The molecule has 0 aromatic rings. The highest BCUT2D eigenvalue weighted by atomic mass is 16.4. The van der Waals surface area contributed by atoms with E-state index in [0.29, 0.717) is 13.1 Å². The third kappa shape index (κ3) is 1.95. The van der Waals surface area contributed by atoms with Gasteiger partial charge < -0.3 is 15.1 Å². The van der Waals surface area contributed by atoms with Gasteiger partial charge in [0.2, 0.25) is 5.91 Å². The highest BCUT2D eigenvalue weighted by molar-refractivity contribution is 6.10. The molecule has 6 heteroatoms. The minimum absolute atomic E-state index is 0.0764. The van der Waals surface area contributed by atoms with Crippen LogP contribution in [-0.4, -0.2) is 46.0 Å². The van der Waals surface area contributed by atoms with Gasteiger partial charge >= 0.3 is 11.9 Å². The fourth-order valence-corrected chi connectivity index (χ4v) is 2.68. The van der Waals surface area contributed by atoms with Gasteiger partial charge in [0, 0.05) is 13.1 Å². The number of carbonyl (C=O) groups is 3. The molecule has 1 aliphatic heterocycles. The molecule has 1 saturated carbocycles. The van der Waals surface area contributed by atoms with E-state index in [2.05, 4.69) is 0 Å². The topological polar surface area (TPSA) is 94.9 Å². The average molecular weight is 255 g/mol. The monoisotopic (exact) mass is 255 g/mol. The van der Waals surface area contributed by atoms with Crippen molar-refractivity contribution in [3.8, 4) is 0 Å². The first-order valence-corrected chi connectivity index (χ1v) is 6.25. The predicted molar refractivity (Wildman–Crippen MR) is 60.9 cm³/mol. The van der Waals surface area contributed by atoms with E-state index in [9.17, 15) is 19.5 Å². The van der Waals surface area contributed by atoms with Gasteiger partial charge in [-0.25, -0.2) is 0 Å². The van der Waals surface area contributed by atoms with Crippen LogP contribution in [0, 0.1) is 11.3 Å². The molecule has 0 aromatic carbocycles. The van der Waals surface area contributed by atoms with Gasteiger partial charge in [0.05, 0.1) is 5.92 Å². The summed E-state index contributed by atoms with van der Waals surface area (Å²) in [7, 11) is 0. The molecule has 0 aromatic heterocycles. The molecular weight excluding hydrogens is 238 g/mol. The minimum Gasteiger partial charge on any atom is -0.481 e. The van der Waals surface area contributed by atoms with Crippen LogP contribution in [0.25, 0.3) is 0 Å². The molecule has 18 heavy (non-hydrogen) atoms. The SMILES string of the molecule is O=C(O)C1CC1(C(=O)O)C(=O)N1CCCCCC1. The van der Waals surface area contributed by atoms with Gasteiger partial charge in [-0.05, 0) is 19.3 Å². The summed E-state index contributed by atoms with van der Waals surface area (Å²) in [4.78, 5) is 36.0. The summed E-state index contributed by atoms with van der Waals surface area (Å²) in [5.41, 5.74) is -1.70. The maximum absolute atomic E-state index is 12.3. The van der Waals surface area contributed by atoms with E-state index in [1.54, 1.807) is 0 Å². The van der Waals surface area contributed by atoms with Crippen LogP contribution in [0.4, 0.5) is 0 Å². The number of likely N-dealkylation sites (tertiary alicyclic amines) is 1. The molecule has 100 valence electrons. The Balaban J connectivity index is 2.15. The number of aliphatic carboxylic acids is 2. The smallest absolute Gasteiger partial charge is 0.320 e. The van der Waals surface area contributed by atoms with Crippen LogP contribution in [0.3, 0.4) is 0 Å². The molecule has 6 nitrogen and oxygen atoms in total. The number of carboxylic acid groups (broad SMARTS) is 2. The van der Waals surface area contributed by atoms with Crippen molar-refractivity contribution < 1.29 is 24.6 Å². The number of hydrogen-bond acceptors (Lipinski definition) is 3. The van der Waals surface area contributed by atoms with Crippen molar-refractivity contribution in [2.45, 2.75) is 32.1 Å². The Labute approximate surface area is 105 Å². The van der Waals surface area contributed by atoms with Crippen LogP contribution in [0.1, 0.15) is 32.1 Å². The summed E-state index contributed by atoms with van der Waals surface area (Å²) >= 11 is 0. The first-order chi connectivity index (χ1) is 8.50. The first-order valence-electron chi connectivity index (χ1n) is 6.25. The highest BCUT2D eigenvalue weighted by Crippen LogP contribution is 2.54. The maximum atomic E-state index is 12.3. The van der Waals surface area contributed by atoms with Crippen molar-refractivity contribution in [1.82, 2.24) is 4.90 Å². The Bertz CT molecular complexity index is 386. The molecule has 0 radical (unpaired) electrons. The van der Waals surface area contributed by atoms with Crippen molar-refractivity contribution in [3.05, 3.63) is 0 Å². The van der Waals surface area contributed by atoms with Gasteiger partial charge in [0.1, 0.15) is 0 Å². The van der Waals surface area contributed by atoms with E-state index in [1.165, 1.54) is 4.90 Å². The van der Waals surface area contributed by atoms with Crippen LogP contribution in [0.15, 0.2) is 0 Å². The molecule has 1 heterocycles. The van der Waals surface area contributed by atoms with Crippen molar-refractivity contribution in [1.29, 1.82) is 0 Å². The lowest BCUT2D eigenvalue weighted by Gasteiger charge is -2.24. The zero-order valence-electron chi connectivity index (χ0n) is 10.1. The predicted octanol–water partition coefficient (Wildman–Crippen LogP) is 0.564. The Morgan fingerprint density at radius 2 is 1.56 bits per heavy atom. The summed E-state index contributed by atoms with van der Waals surface area (Å²) in [5.74, 6) is -4.07. The molecule has 2 rings (SSSR count). The summed E-state index contributed by atoms with van der Waals surface area (Å²) in [6.45, 7) is 1.08. The number of hydrogen-bond donors (Lipinski definition) is 2. The van der Waals surface area contributed by atoms with Gasteiger partial charge in [-0.3, -0.25) is 14.4 Å². The van der Waals surface area contributed by atoms with E-state index < -0.39 is 29.2 Å². The molecule has 1 saturated heterocycles. The quantitative estimate of drug-likeness (QED) is 0.719. The van der Waals surface area contributed by atoms with Crippen LogP contribution in [0.2, 0.25) is 0 Å². The summed E-state index contributed by atoms with van der Waals surface area (Å²) in [5, 5.41) is 18.1. The molecule has 0 spiro atoms. The molecule has 2 aliphatic rings. The van der Waals surface area contributed by atoms with Crippen molar-refractivity contribution >= 4 is 17.8 Å². The number of nitrogens with zero attached hydrogens (tertiary/aromatic N) is 1. The average Bonchev–Trinajstić information content (AvgIpc) is 3.10. The van der Waals surface area contributed by atoms with E-state index in [4.69, 9.17) is 5.11 Å². The van der Waals surface area contributed by atoms with Crippen LogP contribution < -0.4 is 0 Å². The lowest BCUT2D eigenvalue weighted by atomic mass is 10.0. The van der Waals surface area contributed by atoms with Gasteiger partial charge in [-0.1, -0.05) is 12.8 Å². The normalized spacial score (nSPS) is 31.6. The summed E-state index contributed by atoms with van der Waals surface area (Å²) < 4.78 is 0. The molecule has 1 aliphatic carbocycles. The number of carboxylic acids is 2. The number of amides is 1. The Kier molecular flexibility index (Phi) is 3.28. The third-order valence-corrected chi connectivity index (χ3v) is 3.92. The van der Waals surface area contributed by atoms with Gasteiger partial charge in [-0.15, -0.1) is 0 Å². The maximum Gasteiger partial charge on any atom is 0.320 e. The van der Waals surface area contributed by atoms with Crippen LogP contribution in [0.5, 0.6) is 0 Å². The number of rotatable bonds is 3. The second-order valence-electron chi connectivity index (χ2n) is 5.08. The molecule has 2 unspecified atom stereocenters. The highest BCUT2D eigenvalue weighted by Gasteiger charge is 2.70. The standard InChI is InChI=1S/C12H17NO5/c14-9(15)8-7-12(8,11(17)18)10(16)13-5-3-1-2-4-6-13/h8H,1-7H2,(H,14,15)(H,17,18). The molecule has 2 atom stereocenters. The van der Waals surface area contributed by atoms with E-state index in [-0.39, 0.29) is 6.42 Å². The molecular formula is C12H17NO5. The van der Waals surface area contributed by atoms with E-state index in [1.807, 2.05) is 0 Å². The molecule has 1 amide bonds. The molecule has 2 N–H and O–H groups in total. The van der Waals surface area contributed by atoms with Crippen molar-refractivity contribution in [2.75, 3.05) is 13.1 Å². The van der Waals surface area contributed by atoms with Crippen LogP contribution in [-0.2, 0) is 14.4 Å². The zero-order valence-corrected chi connectivity index (χ0v) is 10.1. The van der Waals surface area contributed by atoms with E-state index in [0.717, 1.165) is 25.7 Å². The van der Waals surface area contributed by atoms with Crippen LogP contribution >= 0.6 is 0 Å².